The molecule has 18 heavy (non-hydrogen) atoms. The van der Waals surface area contributed by atoms with Crippen LogP contribution in [0.2, 0.25) is 5.02 Å². The molecule has 0 saturated carbocycles. The molecule has 0 spiro atoms. The van der Waals surface area contributed by atoms with Gasteiger partial charge in [0, 0.05) is 17.8 Å². The van der Waals surface area contributed by atoms with E-state index in [1.165, 1.54) is 6.20 Å². The molecule has 1 rings (SSSR count). The SMILES string of the molecule is CC(C)(C)NC(N)=NCCOc1ccc(Cl)cn1. The summed E-state index contributed by atoms with van der Waals surface area (Å²) in [5.74, 6) is 0.937. The number of ether oxygens (including phenoxy) is 1. The summed E-state index contributed by atoms with van der Waals surface area (Å²) < 4.78 is 5.38. The van der Waals surface area contributed by atoms with E-state index in [0.717, 1.165) is 0 Å². The Morgan fingerprint density at radius 3 is 2.78 bits per heavy atom. The van der Waals surface area contributed by atoms with Crippen LogP contribution in [-0.4, -0.2) is 29.6 Å². The molecule has 0 aliphatic rings. The zero-order valence-corrected chi connectivity index (χ0v) is 11.7. The maximum absolute atomic E-state index is 5.71. The summed E-state index contributed by atoms with van der Waals surface area (Å²) in [6.07, 6.45) is 1.54. The van der Waals surface area contributed by atoms with Gasteiger partial charge in [0.1, 0.15) is 6.61 Å². The van der Waals surface area contributed by atoms with E-state index in [9.17, 15) is 0 Å². The van der Waals surface area contributed by atoms with Crippen molar-refractivity contribution in [2.45, 2.75) is 26.3 Å². The highest BCUT2D eigenvalue weighted by Crippen LogP contribution is 2.10. The molecule has 0 radical (unpaired) electrons. The first-order chi connectivity index (χ1) is 8.37. The smallest absolute Gasteiger partial charge is 0.213 e. The van der Waals surface area contributed by atoms with Crippen LogP contribution in [0.4, 0.5) is 0 Å². The summed E-state index contributed by atoms with van der Waals surface area (Å²) >= 11 is 5.71. The molecule has 1 aromatic rings. The van der Waals surface area contributed by atoms with Crippen molar-refractivity contribution in [2.75, 3.05) is 13.2 Å². The van der Waals surface area contributed by atoms with Gasteiger partial charge in [0.05, 0.1) is 11.6 Å². The molecule has 1 aromatic heterocycles. The van der Waals surface area contributed by atoms with Crippen molar-refractivity contribution in [3.8, 4) is 5.88 Å². The largest absolute Gasteiger partial charge is 0.476 e. The lowest BCUT2D eigenvalue weighted by molar-refractivity contribution is 0.315. The van der Waals surface area contributed by atoms with Gasteiger partial charge in [0.2, 0.25) is 5.88 Å². The molecular weight excluding hydrogens is 252 g/mol. The second-order valence-corrected chi connectivity index (χ2v) is 5.24. The molecule has 0 aliphatic carbocycles. The maximum atomic E-state index is 5.71. The van der Waals surface area contributed by atoms with Gasteiger partial charge in [-0.1, -0.05) is 11.6 Å². The molecule has 0 aliphatic heterocycles. The minimum atomic E-state index is -0.0911. The Bertz CT molecular complexity index is 398. The number of guanidine groups is 1. The molecule has 0 amide bonds. The Labute approximate surface area is 112 Å². The van der Waals surface area contributed by atoms with E-state index in [1.807, 2.05) is 20.8 Å². The fraction of sp³-hybridized carbons (Fsp3) is 0.500. The number of pyridine rings is 1. The number of nitrogens with zero attached hydrogens (tertiary/aromatic N) is 2. The van der Waals surface area contributed by atoms with Gasteiger partial charge in [0.15, 0.2) is 5.96 Å². The second-order valence-electron chi connectivity index (χ2n) is 4.81. The molecule has 0 fully saturated rings. The van der Waals surface area contributed by atoms with Crippen molar-refractivity contribution in [1.82, 2.24) is 10.3 Å². The van der Waals surface area contributed by atoms with Crippen molar-refractivity contribution in [3.05, 3.63) is 23.4 Å². The van der Waals surface area contributed by atoms with E-state index in [1.54, 1.807) is 12.1 Å². The first-order valence-corrected chi connectivity index (χ1v) is 6.07. The highest BCUT2D eigenvalue weighted by Gasteiger charge is 2.09. The Kier molecular flexibility index (Phi) is 5.22. The number of aliphatic imine (C=N–C) groups is 1. The van der Waals surface area contributed by atoms with Gasteiger partial charge >= 0.3 is 0 Å². The molecule has 0 aromatic carbocycles. The average Bonchev–Trinajstić information content (AvgIpc) is 2.24. The zero-order chi connectivity index (χ0) is 13.6. The van der Waals surface area contributed by atoms with Crippen molar-refractivity contribution in [3.63, 3.8) is 0 Å². The van der Waals surface area contributed by atoms with E-state index >= 15 is 0 Å². The van der Waals surface area contributed by atoms with Crippen LogP contribution < -0.4 is 15.8 Å². The maximum Gasteiger partial charge on any atom is 0.213 e. The van der Waals surface area contributed by atoms with Gasteiger partial charge in [-0.05, 0) is 26.8 Å². The predicted molar refractivity (Wildman–Crippen MR) is 74.1 cm³/mol. The number of rotatable bonds is 4. The summed E-state index contributed by atoms with van der Waals surface area (Å²) in [7, 11) is 0. The summed E-state index contributed by atoms with van der Waals surface area (Å²) in [4.78, 5) is 8.15. The van der Waals surface area contributed by atoms with Crippen LogP contribution in [0, 0.1) is 0 Å². The topological polar surface area (TPSA) is 72.5 Å². The lowest BCUT2D eigenvalue weighted by Gasteiger charge is -2.20. The fourth-order valence-electron chi connectivity index (χ4n) is 1.19. The summed E-state index contributed by atoms with van der Waals surface area (Å²) in [6, 6.07) is 3.44. The van der Waals surface area contributed by atoms with Crippen LogP contribution in [0.25, 0.3) is 0 Å². The quantitative estimate of drug-likeness (QED) is 0.497. The Morgan fingerprint density at radius 1 is 1.50 bits per heavy atom. The van der Waals surface area contributed by atoms with Crippen molar-refractivity contribution in [2.24, 2.45) is 10.7 Å². The van der Waals surface area contributed by atoms with Gasteiger partial charge in [-0.3, -0.25) is 0 Å². The number of halogens is 1. The van der Waals surface area contributed by atoms with E-state index in [4.69, 9.17) is 22.1 Å². The third-order valence-electron chi connectivity index (χ3n) is 1.83. The second kappa shape index (κ2) is 6.44. The van der Waals surface area contributed by atoms with Crippen LogP contribution in [0.3, 0.4) is 0 Å². The van der Waals surface area contributed by atoms with E-state index < -0.39 is 0 Å². The molecule has 100 valence electrons. The van der Waals surface area contributed by atoms with Gasteiger partial charge in [-0.15, -0.1) is 0 Å². The average molecular weight is 271 g/mol. The van der Waals surface area contributed by atoms with Crippen molar-refractivity contribution >= 4 is 17.6 Å². The van der Waals surface area contributed by atoms with Crippen LogP contribution in [0.1, 0.15) is 20.8 Å². The molecule has 5 nitrogen and oxygen atoms in total. The van der Waals surface area contributed by atoms with E-state index in [0.29, 0.717) is 30.0 Å². The standard InChI is InChI=1S/C12H19ClN4O/c1-12(2,3)17-11(14)15-6-7-18-10-5-4-9(13)8-16-10/h4-5,8H,6-7H2,1-3H3,(H3,14,15,17). The van der Waals surface area contributed by atoms with Crippen LogP contribution in [-0.2, 0) is 0 Å². The van der Waals surface area contributed by atoms with Gasteiger partial charge in [0.25, 0.3) is 0 Å². The monoisotopic (exact) mass is 270 g/mol. The third kappa shape index (κ3) is 6.30. The molecule has 3 N–H and O–H groups in total. The molecule has 0 bridgehead atoms. The normalized spacial score (nSPS) is 12.3. The summed E-state index contributed by atoms with van der Waals surface area (Å²) in [6.45, 7) is 6.94. The number of nitrogens with two attached hydrogens (primary N) is 1. The molecule has 0 saturated heterocycles. The van der Waals surface area contributed by atoms with Crippen LogP contribution in [0.15, 0.2) is 23.3 Å². The van der Waals surface area contributed by atoms with Gasteiger partial charge in [-0.25, -0.2) is 9.98 Å². The van der Waals surface area contributed by atoms with Crippen molar-refractivity contribution in [1.29, 1.82) is 0 Å². The van der Waals surface area contributed by atoms with Crippen LogP contribution >= 0.6 is 11.6 Å². The molecule has 0 unspecified atom stereocenters. The molecular formula is C12H19ClN4O. The third-order valence-corrected chi connectivity index (χ3v) is 2.05. The lowest BCUT2D eigenvalue weighted by Crippen LogP contribution is -2.45. The minimum Gasteiger partial charge on any atom is -0.476 e. The predicted octanol–water partition coefficient (Wildman–Crippen LogP) is 1.82. The summed E-state index contributed by atoms with van der Waals surface area (Å²) in [5.41, 5.74) is 5.62. The summed E-state index contributed by atoms with van der Waals surface area (Å²) in [5, 5.41) is 3.65. The minimum absolute atomic E-state index is 0.0911. The Hall–Kier alpha value is -1.49. The van der Waals surface area contributed by atoms with Gasteiger partial charge in [-0.2, -0.15) is 0 Å². The zero-order valence-electron chi connectivity index (χ0n) is 10.9. The Balaban J connectivity index is 2.30. The number of hydrogen-bond donors (Lipinski definition) is 2. The molecule has 1 heterocycles. The number of nitrogens with one attached hydrogen (secondary N) is 1. The van der Waals surface area contributed by atoms with E-state index in [2.05, 4.69) is 15.3 Å². The lowest BCUT2D eigenvalue weighted by atomic mass is 10.1. The van der Waals surface area contributed by atoms with Crippen molar-refractivity contribution < 1.29 is 4.74 Å². The highest BCUT2D eigenvalue weighted by atomic mass is 35.5. The number of aromatic nitrogens is 1. The highest BCUT2D eigenvalue weighted by molar-refractivity contribution is 6.30. The molecule has 0 atom stereocenters. The van der Waals surface area contributed by atoms with Crippen LogP contribution in [0.5, 0.6) is 5.88 Å². The first kappa shape index (κ1) is 14.6. The van der Waals surface area contributed by atoms with Gasteiger partial charge < -0.3 is 15.8 Å². The Morgan fingerprint density at radius 2 is 2.22 bits per heavy atom. The first-order valence-electron chi connectivity index (χ1n) is 5.69. The number of hydrogen-bond acceptors (Lipinski definition) is 3. The molecule has 6 heteroatoms. The fourth-order valence-corrected chi connectivity index (χ4v) is 1.30. The van der Waals surface area contributed by atoms with E-state index in [-0.39, 0.29) is 5.54 Å².